The molecule has 0 fully saturated rings. The number of thioether (sulfide) groups is 1. The van der Waals surface area contributed by atoms with Crippen LogP contribution in [0.25, 0.3) is 21.5 Å². The molecule has 136 valence electrons. The van der Waals surface area contributed by atoms with E-state index < -0.39 is 6.10 Å². The Bertz CT molecular complexity index is 1060. The van der Waals surface area contributed by atoms with E-state index in [1.807, 2.05) is 35.7 Å². The van der Waals surface area contributed by atoms with Crippen molar-refractivity contribution < 1.29 is 13.9 Å². The zero-order chi connectivity index (χ0) is 18.6. The van der Waals surface area contributed by atoms with Crippen LogP contribution in [0.15, 0.2) is 69.3 Å². The quantitative estimate of drug-likeness (QED) is 0.323. The van der Waals surface area contributed by atoms with Crippen molar-refractivity contribution in [1.29, 1.82) is 0 Å². The van der Waals surface area contributed by atoms with Gasteiger partial charge in [-0.2, -0.15) is 0 Å². The van der Waals surface area contributed by atoms with Gasteiger partial charge in [0.25, 0.3) is 11.8 Å². The lowest BCUT2D eigenvalue weighted by molar-refractivity contribution is -0.146. The lowest BCUT2D eigenvalue weighted by Crippen LogP contribution is -2.11. The molecule has 0 bridgehead atoms. The summed E-state index contributed by atoms with van der Waals surface area (Å²) in [7, 11) is 0. The van der Waals surface area contributed by atoms with E-state index in [1.165, 1.54) is 28.5 Å². The molecule has 0 saturated heterocycles. The number of nitrogens with zero attached hydrogens (tertiary/aromatic N) is 2. The second-order valence-electron chi connectivity index (χ2n) is 5.85. The molecule has 27 heavy (non-hydrogen) atoms. The van der Waals surface area contributed by atoms with Gasteiger partial charge in [-0.25, -0.2) is 0 Å². The molecule has 2 aromatic heterocycles. The molecule has 0 spiro atoms. The summed E-state index contributed by atoms with van der Waals surface area (Å²) in [6, 6.07) is 18.1. The number of carbonyl (C=O) groups is 1. The summed E-state index contributed by atoms with van der Waals surface area (Å²) < 4.78 is 11.0. The maximum Gasteiger partial charge on any atom is 0.317 e. The van der Waals surface area contributed by atoms with Crippen LogP contribution in [0.4, 0.5) is 0 Å². The van der Waals surface area contributed by atoms with Crippen LogP contribution in [0.3, 0.4) is 0 Å². The Hall–Kier alpha value is -2.64. The Labute approximate surface area is 164 Å². The number of thiophene rings is 1. The van der Waals surface area contributed by atoms with E-state index in [-0.39, 0.29) is 11.7 Å². The van der Waals surface area contributed by atoms with Crippen molar-refractivity contribution in [1.82, 2.24) is 10.2 Å². The van der Waals surface area contributed by atoms with Crippen molar-refractivity contribution in [3.8, 4) is 10.8 Å². The number of carbonyl (C=O) groups excluding carboxylic acids is 1. The summed E-state index contributed by atoms with van der Waals surface area (Å²) >= 11 is 2.96. The van der Waals surface area contributed by atoms with Crippen LogP contribution >= 0.6 is 23.1 Å². The second-order valence-corrected chi connectivity index (χ2v) is 7.85. The van der Waals surface area contributed by atoms with Gasteiger partial charge in [0.2, 0.25) is 0 Å². The van der Waals surface area contributed by atoms with Gasteiger partial charge >= 0.3 is 5.97 Å². The number of rotatable bonds is 6. The van der Waals surface area contributed by atoms with Crippen molar-refractivity contribution in [2.45, 2.75) is 17.9 Å². The number of hydrogen-bond donors (Lipinski definition) is 0. The Morgan fingerprint density at radius 2 is 2.00 bits per heavy atom. The number of benzene rings is 2. The monoisotopic (exact) mass is 396 g/mol. The Morgan fingerprint density at radius 3 is 2.81 bits per heavy atom. The lowest BCUT2D eigenvalue weighted by Gasteiger charge is -2.09. The van der Waals surface area contributed by atoms with E-state index in [4.69, 9.17) is 9.15 Å². The third kappa shape index (κ3) is 4.20. The predicted molar refractivity (Wildman–Crippen MR) is 107 cm³/mol. The first kappa shape index (κ1) is 17.8. The zero-order valence-electron chi connectivity index (χ0n) is 14.5. The van der Waals surface area contributed by atoms with Crippen LogP contribution in [0.5, 0.6) is 0 Å². The highest BCUT2D eigenvalue weighted by atomic mass is 32.2. The van der Waals surface area contributed by atoms with Crippen LogP contribution < -0.4 is 0 Å². The second kappa shape index (κ2) is 7.94. The minimum absolute atomic E-state index is 0.217. The molecular formula is C20H16N2O3S2. The van der Waals surface area contributed by atoms with Gasteiger partial charge in [-0.15, -0.1) is 33.3 Å². The summed E-state index contributed by atoms with van der Waals surface area (Å²) in [6.45, 7) is 1.73. The van der Waals surface area contributed by atoms with Crippen molar-refractivity contribution in [2.75, 3.05) is 5.75 Å². The van der Waals surface area contributed by atoms with Gasteiger partial charge in [-0.05, 0) is 41.3 Å². The molecule has 0 saturated carbocycles. The van der Waals surface area contributed by atoms with Crippen molar-refractivity contribution in [2.24, 2.45) is 0 Å². The van der Waals surface area contributed by atoms with Gasteiger partial charge < -0.3 is 9.15 Å². The maximum atomic E-state index is 12.2. The summed E-state index contributed by atoms with van der Waals surface area (Å²) in [5.74, 6) is 0.627. The molecule has 1 atom stereocenters. The minimum Gasteiger partial charge on any atom is -0.452 e. The fourth-order valence-corrected chi connectivity index (χ4v) is 3.95. The van der Waals surface area contributed by atoms with Crippen LogP contribution in [0.2, 0.25) is 0 Å². The molecule has 5 nitrogen and oxygen atoms in total. The molecule has 7 heteroatoms. The fraction of sp³-hybridized carbons (Fsp3) is 0.150. The van der Waals surface area contributed by atoms with Crippen molar-refractivity contribution in [3.05, 3.63) is 65.9 Å². The highest BCUT2D eigenvalue weighted by Crippen LogP contribution is 2.27. The molecule has 0 aliphatic carbocycles. The van der Waals surface area contributed by atoms with Gasteiger partial charge in [0.1, 0.15) is 0 Å². The SMILES string of the molecule is C[C@H](OC(=O)CSc1ccc2ccccc2c1)c1nnc(-c2cccs2)o1. The maximum absolute atomic E-state index is 12.2. The topological polar surface area (TPSA) is 65.2 Å². The molecule has 0 unspecified atom stereocenters. The highest BCUT2D eigenvalue weighted by molar-refractivity contribution is 8.00. The number of esters is 1. The minimum atomic E-state index is -0.587. The van der Waals surface area contributed by atoms with E-state index in [0.717, 1.165) is 15.2 Å². The van der Waals surface area contributed by atoms with Crippen LogP contribution in [0, 0.1) is 0 Å². The molecular weight excluding hydrogens is 380 g/mol. The molecule has 4 aromatic rings. The molecule has 2 heterocycles. The average molecular weight is 396 g/mol. The average Bonchev–Trinajstić information content (AvgIpc) is 3.37. The van der Waals surface area contributed by atoms with Gasteiger partial charge in [0.05, 0.1) is 10.6 Å². The first-order valence-electron chi connectivity index (χ1n) is 8.37. The molecule has 0 amide bonds. The fourth-order valence-electron chi connectivity index (χ4n) is 2.58. The summed E-state index contributed by atoms with van der Waals surface area (Å²) in [6.07, 6.45) is -0.587. The smallest absolute Gasteiger partial charge is 0.317 e. The molecule has 0 aliphatic rings. The molecule has 0 aliphatic heterocycles. The first-order chi connectivity index (χ1) is 13.2. The lowest BCUT2D eigenvalue weighted by atomic mass is 10.1. The number of aromatic nitrogens is 2. The number of ether oxygens (including phenoxy) is 1. The van der Waals surface area contributed by atoms with Crippen LogP contribution in [-0.2, 0) is 9.53 Å². The zero-order valence-corrected chi connectivity index (χ0v) is 16.1. The normalized spacial score (nSPS) is 12.2. The van der Waals surface area contributed by atoms with Crippen LogP contribution in [0.1, 0.15) is 18.9 Å². The van der Waals surface area contributed by atoms with E-state index >= 15 is 0 Å². The van der Waals surface area contributed by atoms with Gasteiger partial charge in [0.15, 0.2) is 6.10 Å². The Balaban J connectivity index is 1.34. The third-order valence-corrected chi connectivity index (χ3v) is 5.73. The van der Waals surface area contributed by atoms with E-state index in [1.54, 1.807) is 6.92 Å². The summed E-state index contributed by atoms with van der Waals surface area (Å²) in [4.78, 5) is 14.1. The summed E-state index contributed by atoms with van der Waals surface area (Å²) in [5, 5.41) is 12.3. The standard InChI is InChI=1S/C20H16N2O3S2/c1-13(19-21-22-20(25-19)17-7-4-10-26-17)24-18(23)12-27-16-9-8-14-5-2-3-6-15(14)11-16/h2-11,13H,12H2,1H3/t13-/m0/s1. The highest BCUT2D eigenvalue weighted by Gasteiger charge is 2.19. The summed E-state index contributed by atoms with van der Waals surface area (Å²) in [5.41, 5.74) is 0. The van der Waals surface area contributed by atoms with Crippen LogP contribution in [-0.4, -0.2) is 21.9 Å². The van der Waals surface area contributed by atoms with Gasteiger partial charge in [-0.1, -0.05) is 36.4 Å². The van der Waals surface area contributed by atoms with Gasteiger partial charge in [-0.3, -0.25) is 4.79 Å². The first-order valence-corrected chi connectivity index (χ1v) is 10.2. The van der Waals surface area contributed by atoms with Crippen molar-refractivity contribution >= 4 is 39.8 Å². The van der Waals surface area contributed by atoms with Crippen molar-refractivity contribution in [3.63, 3.8) is 0 Å². The Morgan fingerprint density at radius 1 is 1.15 bits per heavy atom. The Kier molecular flexibility index (Phi) is 5.22. The third-order valence-electron chi connectivity index (χ3n) is 3.91. The molecule has 0 radical (unpaired) electrons. The predicted octanol–water partition coefficient (Wildman–Crippen LogP) is 5.35. The number of fused-ring (bicyclic) bond motifs is 1. The molecule has 0 N–H and O–H groups in total. The van der Waals surface area contributed by atoms with E-state index in [2.05, 4.69) is 34.5 Å². The number of hydrogen-bond acceptors (Lipinski definition) is 7. The molecule has 2 aromatic carbocycles. The molecule has 4 rings (SSSR count). The van der Waals surface area contributed by atoms with E-state index in [0.29, 0.717) is 11.8 Å². The van der Waals surface area contributed by atoms with E-state index in [9.17, 15) is 4.79 Å². The van der Waals surface area contributed by atoms with Gasteiger partial charge in [0, 0.05) is 4.90 Å². The largest absolute Gasteiger partial charge is 0.452 e.